The summed E-state index contributed by atoms with van der Waals surface area (Å²) in [4.78, 5) is 14.0. The van der Waals surface area contributed by atoms with Crippen LogP contribution in [0.15, 0.2) is 6.20 Å². The number of aliphatic hydroxyl groups is 1. The van der Waals surface area contributed by atoms with Crippen molar-refractivity contribution in [1.29, 1.82) is 0 Å². The van der Waals surface area contributed by atoms with Gasteiger partial charge in [0.25, 0.3) is 0 Å². The molecule has 100 valence electrons. The minimum Gasteiger partial charge on any atom is -0.396 e. The van der Waals surface area contributed by atoms with E-state index in [4.69, 9.17) is 5.11 Å². The van der Waals surface area contributed by atoms with Crippen LogP contribution in [0.4, 0.5) is 0 Å². The Balaban J connectivity index is 1.88. The van der Waals surface area contributed by atoms with Crippen molar-refractivity contribution in [2.75, 3.05) is 19.7 Å². The Hall–Kier alpha value is -1.43. The lowest BCUT2D eigenvalue weighted by Gasteiger charge is -2.19. The molecule has 1 amide bonds. The van der Waals surface area contributed by atoms with Gasteiger partial charge in [-0.2, -0.15) is 0 Å². The van der Waals surface area contributed by atoms with Gasteiger partial charge in [-0.15, -0.1) is 5.10 Å². The van der Waals surface area contributed by atoms with Gasteiger partial charge in [-0.25, -0.2) is 4.68 Å². The largest absolute Gasteiger partial charge is 0.396 e. The van der Waals surface area contributed by atoms with Crippen molar-refractivity contribution < 1.29 is 9.90 Å². The lowest BCUT2D eigenvalue weighted by molar-refractivity contribution is -0.132. The third kappa shape index (κ3) is 3.53. The number of likely N-dealkylation sites (tertiary alicyclic amines) is 1. The van der Waals surface area contributed by atoms with Crippen LogP contribution in [0.5, 0.6) is 0 Å². The number of carbonyl (C=O) groups is 1. The molecule has 0 aliphatic carbocycles. The monoisotopic (exact) mass is 252 g/mol. The lowest BCUT2D eigenvalue weighted by Crippen LogP contribution is -2.34. The van der Waals surface area contributed by atoms with Crippen LogP contribution in [0.2, 0.25) is 0 Å². The highest BCUT2D eigenvalue weighted by Gasteiger charge is 2.16. The molecule has 0 aromatic carbocycles. The molecule has 1 fully saturated rings. The van der Waals surface area contributed by atoms with E-state index in [0.29, 0.717) is 6.42 Å². The van der Waals surface area contributed by atoms with E-state index < -0.39 is 0 Å². The van der Waals surface area contributed by atoms with Crippen LogP contribution < -0.4 is 0 Å². The first-order valence-electron chi connectivity index (χ1n) is 6.57. The summed E-state index contributed by atoms with van der Waals surface area (Å²) in [5.41, 5.74) is 0.723. The maximum Gasteiger partial charge on any atom is 0.244 e. The Morgan fingerprint density at radius 1 is 1.28 bits per heavy atom. The second-order valence-electron chi connectivity index (χ2n) is 4.68. The average Bonchev–Trinajstić information content (AvgIpc) is 2.65. The lowest BCUT2D eigenvalue weighted by atomic mass is 10.2. The third-order valence-corrected chi connectivity index (χ3v) is 3.21. The molecular formula is C12H20N4O2. The fourth-order valence-electron chi connectivity index (χ4n) is 2.20. The maximum absolute atomic E-state index is 12.1. The summed E-state index contributed by atoms with van der Waals surface area (Å²) < 4.78 is 1.55. The van der Waals surface area contributed by atoms with E-state index in [9.17, 15) is 4.79 Å². The highest BCUT2D eigenvalue weighted by Crippen LogP contribution is 2.10. The van der Waals surface area contributed by atoms with Gasteiger partial charge in [-0.1, -0.05) is 18.1 Å². The Morgan fingerprint density at radius 2 is 2.00 bits per heavy atom. The van der Waals surface area contributed by atoms with Crippen LogP contribution in [0.1, 0.15) is 31.4 Å². The molecule has 1 aromatic heterocycles. The van der Waals surface area contributed by atoms with Gasteiger partial charge in [-0.05, 0) is 12.8 Å². The van der Waals surface area contributed by atoms with Crippen LogP contribution >= 0.6 is 0 Å². The van der Waals surface area contributed by atoms with Gasteiger partial charge in [-0.3, -0.25) is 4.79 Å². The van der Waals surface area contributed by atoms with Crippen LogP contribution in [0, 0.1) is 0 Å². The molecule has 0 bridgehead atoms. The summed E-state index contributed by atoms with van der Waals surface area (Å²) in [6.45, 7) is 2.02. The fourth-order valence-corrected chi connectivity index (χ4v) is 2.20. The van der Waals surface area contributed by atoms with E-state index >= 15 is 0 Å². The van der Waals surface area contributed by atoms with Gasteiger partial charge in [0.05, 0.1) is 5.69 Å². The van der Waals surface area contributed by atoms with Gasteiger partial charge in [0.2, 0.25) is 5.91 Å². The number of aromatic nitrogens is 3. The predicted molar refractivity (Wildman–Crippen MR) is 65.9 cm³/mol. The fraction of sp³-hybridized carbons (Fsp3) is 0.750. The topological polar surface area (TPSA) is 71.2 Å². The molecule has 6 heteroatoms. The first kappa shape index (κ1) is 13.0. The second kappa shape index (κ2) is 6.49. The molecule has 0 spiro atoms. The summed E-state index contributed by atoms with van der Waals surface area (Å²) in [7, 11) is 0. The number of hydrogen-bond donors (Lipinski definition) is 1. The van der Waals surface area contributed by atoms with E-state index in [0.717, 1.165) is 31.6 Å². The standard InChI is InChI=1S/C12H20N4O2/c17-8-5-11-9-16(14-13-11)10-12(18)15-6-3-1-2-4-7-15/h9,17H,1-8,10H2. The number of rotatable bonds is 4. The van der Waals surface area contributed by atoms with E-state index in [1.807, 2.05) is 4.90 Å². The molecule has 0 radical (unpaired) electrons. The molecule has 1 N–H and O–H groups in total. The summed E-state index contributed by atoms with van der Waals surface area (Å²) in [6.07, 6.45) is 6.84. The quantitative estimate of drug-likeness (QED) is 0.832. The number of hydrogen-bond acceptors (Lipinski definition) is 4. The molecule has 2 heterocycles. The second-order valence-corrected chi connectivity index (χ2v) is 4.68. The highest BCUT2D eigenvalue weighted by atomic mass is 16.3. The van der Waals surface area contributed by atoms with Crippen molar-refractivity contribution in [1.82, 2.24) is 19.9 Å². The molecule has 2 rings (SSSR count). The molecule has 18 heavy (non-hydrogen) atoms. The summed E-state index contributed by atoms with van der Waals surface area (Å²) >= 11 is 0. The number of aliphatic hydroxyl groups excluding tert-OH is 1. The Bertz CT molecular complexity index is 383. The van der Waals surface area contributed by atoms with Crippen molar-refractivity contribution >= 4 is 5.91 Å². The van der Waals surface area contributed by atoms with Gasteiger partial charge in [0.15, 0.2) is 0 Å². The van der Waals surface area contributed by atoms with Crippen molar-refractivity contribution in [3.05, 3.63) is 11.9 Å². The van der Waals surface area contributed by atoms with Crippen LogP contribution in [0.3, 0.4) is 0 Å². The van der Waals surface area contributed by atoms with Crippen molar-refractivity contribution in [2.45, 2.75) is 38.6 Å². The van der Waals surface area contributed by atoms with E-state index in [1.165, 1.54) is 12.8 Å². The minimum absolute atomic E-state index is 0.0543. The zero-order valence-electron chi connectivity index (χ0n) is 10.6. The smallest absolute Gasteiger partial charge is 0.244 e. The summed E-state index contributed by atoms with van der Waals surface area (Å²) in [5, 5.41) is 16.6. The normalized spacial score (nSPS) is 16.6. The summed E-state index contributed by atoms with van der Waals surface area (Å²) in [5.74, 6) is 0.109. The highest BCUT2D eigenvalue weighted by molar-refractivity contribution is 5.75. The Kier molecular flexibility index (Phi) is 4.69. The van der Waals surface area contributed by atoms with Crippen molar-refractivity contribution in [2.24, 2.45) is 0 Å². The summed E-state index contributed by atoms with van der Waals surface area (Å²) in [6, 6.07) is 0. The van der Waals surface area contributed by atoms with Crippen LogP contribution in [0.25, 0.3) is 0 Å². The third-order valence-electron chi connectivity index (χ3n) is 3.21. The molecular weight excluding hydrogens is 232 g/mol. The van der Waals surface area contributed by atoms with Crippen LogP contribution in [-0.2, 0) is 17.8 Å². The zero-order valence-corrected chi connectivity index (χ0v) is 10.6. The average molecular weight is 252 g/mol. The number of nitrogens with zero attached hydrogens (tertiary/aromatic N) is 4. The first-order valence-corrected chi connectivity index (χ1v) is 6.57. The SMILES string of the molecule is O=C(Cn1cc(CCO)nn1)N1CCCCCC1. The number of carbonyl (C=O) groups excluding carboxylic acids is 1. The molecule has 1 aliphatic rings. The van der Waals surface area contributed by atoms with Crippen molar-refractivity contribution in [3.63, 3.8) is 0 Å². The van der Waals surface area contributed by atoms with E-state index in [1.54, 1.807) is 10.9 Å². The van der Waals surface area contributed by atoms with E-state index in [-0.39, 0.29) is 19.1 Å². The predicted octanol–water partition coefficient (Wildman–Crippen LogP) is 0.215. The van der Waals surface area contributed by atoms with Gasteiger partial charge < -0.3 is 10.0 Å². The minimum atomic E-state index is 0.0543. The molecule has 6 nitrogen and oxygen atoms in total. The number of amides is 1. The molecule has 1 aromatic rings. The molecule has 0 saturated carbocycles. The Morgan fingerprint density at radius 3 is 2.67 bits per heavy atom. The molecule has 1 aliphatic heterocycles. The van der Waals surface area contributed by atoms with Gasteiger partial charge >= 0.3 is 0 Å². The van der Waals surface area contributed by atoms with Crippen molar-refractivity contribution in [3.8, 4) is 0 Å². The molecule has 1 saturated heterocycles. The maximum atomic E-state index is 12.1. The molecule has 0 unspecified atom stereocenters. The zero-order chi connectivity index (χ0) is 12.8. The Labute approximate surface area is 107 Å². The van der Waals surface area contributed by atoms with E-state index in [2.05, 4.69) is 10.3 Å². The first-order chi connectivity index (χ1) is 8.79. The van der Waals surface area contributed by atoms with Gasteiger partial charge in [0, 0.05) is 32.3 Å². The molecule has 0 atom stereocenters. The van der Waals surface area contributed by atoms with Gasteiger partial charge in [0.1, 0.15) is 6.54 Å². The van der Waals surface area contributed by atoms with Crippen LogP contribution in [-0.4, -0.2) is 50.6 Å².